The van der Waals surface area contributed by atoms with Crippen molar-refractivity contribution >= 4 is 28.5 Å². The highest BCUT2D eigenvalue weighted by Gasteiger charge is 2.16. The van der Waals surface area contributed by atoms with Gasteiger partial charge in [-0.05, 0) is 80.5 Å². The fourth-order valence-corrected chi connectivity index (χ4v) is 4.76. The summed E-state index contributed by atoms with van der Waals surface area (Å²) >= 11 is 0. The largest absolute Gasteiger partial charge is 0.294 e. The normalized spacial score (nSPS) is 13.5. The predicted molar refractivity (Wildman–Crippen MR) is 156 cm³/mol. The summed E-state index contributed by atoms with van der Waals surface area (Å²) in [6.45, 7) is 6.17. The van der Waals surface area contributed by atoms with Crippen LogP contribution in [0.5, 0.6) is 0 Å². The highest BCUT2D eigenvalue weighted by atomic mass is 15.1. The molecule has 0 saturated carbocycles. The van der Waals surface area contributed by atoms with Crippen LogP contribution in [0.25, 0.3) is 33.4 Å². The molecule has 0 aliphatic heterocycles. The Hall–Kier alpha value is -4.86. The molecule has 0 radical (unpaired) electrons. The number of nitrogens with zero attached hydrogens (tertiary/aromatic N) is 3. The van der Waals surface area contributed by atoms with E-state index in [1.54, 1.807) is 0 Å². The minimum atomic E-state index is 0.724. The summed E-state index contributed by atoms with van der Waals surface area (Å²) in [5, 5.41) is 1.16. The Bertz CT molecular complexity index is 1710. The van der Waals surface area contributed by atoms with Crippen molar-refractivity contribution in [3.05, 3.63) is 107 Å². The Morgan fingerprint density at radius 2 is 1.95 bits per heavy atom. The number of aliphatic imine (C=N–C) groups is 1. The number of para-hydroxylation sites is 1. The molecule has 0 saturated heterocycles. The van der Waals surface area contributed by atoms with E-state index in [-0.39, 0.29) is 0 Å². The van der Waals surface area contributed by atoms with Crippen LogP contribution in [0.4, 0.5) is 5.82 Å². The lowest BCUT2D eigenvalue weighted by atomic mass is 9.93. The van der Waals surface area contributed by atoms with E-state index in [0.29, 0.717) is 0 Å². The van der Waals surface area contributed by atoms with Crippen LogP contribution in [0.1, 0.15) is 31.4 Å². The van der Waals surface area contributed by atoms with E-state index in [1.165, 1.54) is 5.57 Å². The number of terminal acetylenes is 1. The van der Waals surface area contributed by atoms with Crippen LogP contribution in [-0.2, 0) is 0 Å². The molecule has 0 amide bonds. The second-order valence-electron chi connectivity index (χ2n) is 8.92. The zero-order valence-corrected chi connectivity index (χ0v) is 21.3. The molecule has 4 aromatic rings. The van der Waals surface area contributed by atoms with Crippen molar-refractivity contribution in [3.63, 3.8) is 0 Å². The lowest BCUT2D eigenvalue weighted by Gasteiger charge is -2.12. The molecule has 3 heteroatoms. The van der Waals surface area contributed by atoms with Crippen LogP contribution < -0.4 is 0 Å². The van der Waals surface area contributed by atoms with Gasteiger partial charge in [0.05, 0.1) is 11.2 Å². The van der Waals surface area contributed by atoms with E-state index < -0.39 is 0 Å². The average Bonchev–Trinajstić information content (AvgIpc) is 3.05. The van der Waals surface area contributed by atoms with E-state index in [4.69, 9.17) is 16.4 Å². The number of hydrogen-bond donors (Lipinski definition) is 0. The number of rotatable bonds is 5. The minimum Gasteiger partial charge on any atom is -0.294 e. The van der Waals surface area contributed by atoms with E-state index in [1.807, 2.05) is 55.8 Å². The third kappa shape index (κ3) is 4.56. The highest BCUT2D eigenvalue weighted by molar-refractivity contribution is 5.94. The molecule has 0 N–H and O–H groups in total. The minimum absolute atomic E-state index is 0.724. The molecule has 0 spiro atoms. The second-order valence-corrected chi connectivity index (χ2v) is 8.92. The Labute approximate surface area is 218 Å². The Morgan fingerprint density at radius 1 is 1.11 bits per heavy atom. The molecule has 0 atom stereocenters. The molecule has 178 valence electrons. The van der Waals surface area contributed by atoms with Gasteiger partial charge in [-0.1, -0.05) is 53.7 Å². The van der Waals surface area contributed by atoms with Crippen LogP contribution in [0.2, 0.25) is 0 Å². The molecule has 1 aliphatic rings. The molecule has 1 aliphatic carbocycles. The second kappa shape index (κ2) is 10.4. The lowest BCUT2D eigenvalue weighted by Crippen LogP contribution is -1.94. The van der Waals surface area contributed by atoms with Gasteiger partial charge in [0.15, 0.2) is 0 Å². The number of aryl methyl sites for hydroxylation is 1. The zero-order chi connectivity index (χ0) is 25.8. The van der Waals surface area contributed by atoms with Gasteiger partial charge in [0.1, 0.15) is 5.82 Å². The monoisotopic (exact) mass is 477 g/mol. The first-order valence-corrected chi connectivity index (χ1v) is 12.3. The van der Waals surface area contributed by atoms with Gasteiger partial charge in [-0.2, -0.15) is 0 Å². The molecular formula is C34H27N3. The van der Waals surface area contributed by atoms with Gasteiger partial charge in [0.25, 0.3) is 0 Å². The molecule has 5 rings (SSSR count). The van der Waals surface area contributed by atoms with Gasteiger partial charge >= 0.3 is 0 Å². The van der Waals surface area contributed by atoms with Crippen molar-refractivity contribution in [2.24, 2.45) is 4.99 Å². The lowest BCUT2D eigenvalue weighted by molar-refractivity contribution is 1.10. The van der Waals surface area contributed by atoms with E-state index in [0.717, 1.165) is 62.4 Å². The van der Waals surface area contributed by atoms with Crippen molar-refractivity contribution in [3.8, 4) is 41.1 Å². The first kappa shape index (κ1) is 23.9. The van der Waals surface area contributed by atoms with Crippen LogP contribution in [0.15, 0.2) is 101 Å². The van der Waals surface area contributed by atoms with Gasteiger partial charge in [0, 0.05) is 46.6 Å². The summed E-state index contributed by atoms with van der Waals surface area (Å²) in [7, 11) is 0. The third-order valence-electron chi connectivity index (χ3n) is 6.59. The standard InChI is InChI=1S/C34H27N3/c1-5-13-30(29-17-12-7-9-14-24(29)3)27-18-20-32(36-23-27)26-19-21-33-31(22-26)25(4)34(35-6-2)37(33)28-15-10-8-11-16-28/h1,6,8,10-13,15-23H,14H2,2-4H3/b30-13-,35-6?. The highest BCUT2D eigenvalue weighted by Crippen LogP contribution is 2.37. The summed E-state index contributed by atoms with van der Waals surface area (Å²) in [6, 6.07) is 21.0. The SMILES string of the molecule is C#C/C=C(\C1=C(C)CC#CC=C1)c1ccc(-c2ccc3c(c2)c(C)c(N=CC)n3-c2ccccc2)nc1. The molecular weight excluding hydrogens is 450 g/mol. The van der Waals surface area contributed by atoms with E-state index in [2.05, 4.69) is 78.6 Å². The molecule has 2 aromatic heterocycles. The van der Waals surface area contributed by atoms with Crippen molar-refractivity contribution < 1.29 is 0 Å². The summed E-state index contributed by atoms with van der Waals surface area (Å²) in [5.74, 6) is 9.84. The van der Waals surface area contributed by atoms with Gasteiger partial charge in [-0.15, -0.1) is 6.42 Å². The topological polar surface area (TPSA) is 30.2 Å². The quantitative estimate of drug-likeness (QED) is 0.211. The van der Waals surface area contributed by atoms with Crippen molar-refractivity contribution in [1.29, 1.82) is 0 Å². The maximum Gasteiger partial charge on any atom is 0.140 e. The summed E-state index contributed by atoms with van der Waals surface area (Å²) < 4.78 is 2.21. The molecule has 3 nitrogen and oxygen atoms in total. The Morgan fingerprint density at radius 3 is 2.68 bits per heavy atom. The molecule has 2 heterocycles. The first-order chi connectivity index (χ1) is 18.1. The van der Waals surface area contributed by atoms with Crippen LogP contribution in [0.3, 0.4) is 0 Å². The molecule has 0 bridgehead atoms. The Kier molecular flexibility index (Phi) is 6.71. The summed E-state index contributed by atoms with van der Waals surface area (Å²) in [6.07, 6.45) is 15.9. The number of benzene rings is 2. The van der Waals surface area contributed by atoms with Crippen molar-refractivity contribution in [2.45, 2.75) is 27.2 Å². The molecule has 2 aromatic carbocycles. The average molecular weight is 478 g/mol. The van der Waals surface area contributed by atoms with Gasteiger partial charge in [-0.25, -0.2) is 4.99 Å². The maximum atomic E-state index is 5.69. The van der Waals surface area contributed by atoms with Crippen molar-refractivity contribution in [2.75, 3.05) is 0 Å². The van der Waals surface area contributed by atoms with Crippen LogP contribution in [-0.4, -0.2) is 15.8 Å². The third-order valence-corrected chi connectivity index (χ3v) is 6.59. The molecule has 0 fully saturated rings. The van der Waals surface area contributed by atoms with Gasteiger partial charge < -0.3 is 0 Å². The Balaban J connectivity index is 1.57. The number of allylic oxidation sites excluding steroid dienone is 6. The fourth-order valence-electron chi connectivity index (χ4n) is 4.76. The van der Waals surface area contributed by atoms with E-state index >= 15 is 0 Å². The maximum absolute atomic E-state index is 5.69. The van der Waals surface area contributed by atoms with Gasteiger partial charge in [0.2, 0.25) is 0 Å². The fraction of sp³-hybridized carbons (Fsp3) is 0.118. The first-order valence-electron chi connectivity index (χ1n) is 12.3. The van der Waals surface area contributed by atoms with Crippen LogP contribution >= 0.6 is 0 Å². The molecule has 37 heavy (non-hydrogen) atoms. The number of hydrogen-bond acceptors (Lipinski definition) is 2. The predicted octanol–water partition coefficient (Wildman–Crippen LogP) is 8.02. The summed E-state index contributed by atoms with van der Waals surface area (Å²) in [4.78, 5) is 9.54. The van der Waals surface area contributed by atoms with Crippen LogP contribution in [0, 0.1) is 31.1 Å². The van der Waals surface area contributed by atoms with E-state index in [9.17, 15) is 0 Å². The summed E-state index contributed by atoms with van der Waals surface area (Å²) in [5.41, 5.74) is 9.56. The number of aromatic nitrogens is 2. The smallest absolute Gasteiger partial charge is 0.140 e. The number of fused-ring (bicyclic) bond motifs is 1. The van der Waals surface area contributed by atoms with Gasteiger partial charge in [-0.3, -0.25) is 9.55 Å². The number of pyridine rings is 1. The van der Waals surface area contributed by atoms with Crippen molar-refractivity contribution in [1.82, 2.24) is 9.55 Å². The zero-order valence-electron chi connectivity index (χ0n) is 21.3. The molecule has 0 unspecified atom stereocenters.